The lowest BCUT2D eigenvalue weighted by atomic mass is 9.86. The molecule has 0 aliphatic rings. The fraction of sp³-hybridized carbons (Fsp3) is 0.179. The maximum absolute atomic E-state index is 10.5. The highest BCUT2D eigenvalue weighted by atomic mass is 16.3. The van der Waals surface area contributed by atoms with Gasteiger partial charge in [-0.1, -0.05) is 107 Å². The van der Waals surface area contributed by atoms with Gasteiger partial charge in [0.25, 0.3) is 0 Å². The Kier molecular flexibility index (Phi) is 7.45. The average Bonchev–Trinajstić information content (AvgIpc) is 3.45. The van der Waals surface area contributed by atoms with E-state index in [0.717, 1.165) is 33.3 Å². The van der Waals surface area contributed by atoms with E-state index in [-0.39, 0.29) is 11.2 Å². The van der Waals surface area contributed by atoms with Crippen molar-refractivity contribution in [1.29, 1.82) is 0 Å². The minimum Gasteiger partial charge on any atom is -0.507 e. The lowest BCUT2D eigenvalue weighted by molar-refractivity contribution is 0.473. The first-order valence-corrected chi connectivity index (χ1v) is 14.7. The third kappa shape index (κ3) is 5.87. The van der Waals surface area contributed by atoms with Crippen molar-refractivity contribution in [3.63, 3.8) is 0 Å². The van der Waals surface area contributed by atoms with Gasteiger partial charge in [-0.3, -0.25) is 4.99 Å². The van der Waals surface area contributed by atoms with E-state index in [0.29, 0.717) is 28.6 Å². The molecule has 0 saturated heterocycles. The van der Waals surface area contributed by atoms with E-state index in [1.807, 2.05) is 48.5 Å². The van der Waals surface area contributed by atoms with Gasteiger partial charge in [0.1, 0.15) is 11.3 Å². The van der Waals surface area contributed by atoms with E-state index in [1.54, 1.807) is 12.3 Å². The highest BCUT2D eigenvalue weighted by Crippen LogP contribution is 2.37. The Balaban J connectivity index is 1.36. The van der Waals surface area contributed by atoms with Gasteiger partial charge in [-0.15, -0.1) is 0 Å². The number of aliphatic imine (C=N–C) groups is 1. The van der Waals surface area contributed by atoms with Crippen molar-refractivity contribution in [2.24, 2.45) is 4.99 Å². The number of hydrogen-bond donors (Lipinski definition) is 1. The summed E-state index contributed by atoms with van der Waals surface area (Å²) >= 11 is 0. The first kappa shape index (κ1) is 28.2. The predicted molar refractivity (Wildman–Crippen MR) is 178 cm³/mol. The smallest absolute Gasteiger partial charge is 0.229 e. The van der Waals surface area contributed by atoms with Crippen LogP contribution in [0, 0.1) is 0 Å². The molecule has 5 aromatic carbocycles. The Morgan fingerprint density at radius 3 is 2.23 bits per heavy atom. The second-order valence-electron chi connectivity index (χ2n) is 12.3. The SMILES string of the molecule is CC(C)c1ccc(-c2cccc(-c3cccc4oc(-c5ccccc5N=Cc5cc(C(C)(C)C)ccc5O)nc34)c2)cc1. The van der Waals surface area contributed by atoms with Crippen LogP contribution in [0.3, 0.4) is 0 Å². The molecule has 0 amide bonds. The topological polar surface area (TPSA) is 58.6 Å². The lowest BCUT2D eigenvalue weighted by Crippen LogP contribution is -2.11. The summed E-state index contributed by atoms with van der Waals surface area (Å²) in [6, 6.07) is 36.9. The van der Waals surface area contributed by atoms with E-state index >= 15 is 0 Å². The molecule has 214 valence electrons. The van der Waals surface area contributed by atoms with Gasteiger partial charge >= 0.3 is 0 Å². The fourth-order valence-corrected chi connectivity index (χ4v) is 5.25. The summed E-state index contributed by atoms with van der Waals surface area (Å²) in [6.07, 6.45) is 1.71. The van der Waals surface area contributed by atoms with Gasteiger partial charge in [0, 0.05) is 17.3 Å². The van der Waals surface area contributed by atoms with Crippen LogP contribution in [-0.2, 0) is 5.41 Å². The van der Waals surface area contributed by atoms with Crippen LogP contribution in [0.5, 0.6) is 5.75 Å². The summed E-state index contributed by atoms with van der Waals surface area (Å²) in [5.74, 6) is 1.20. The summed E-state index contributed by atoms with van der Waals surface area (Å²) in [4.78, 5) is 9.75. The molecule has 6 aromatic rings. The minimum atomic E-state index is -0.0397. The Bertz CT molecular complexity index is 1940. The number of hydrogen-bond acceptors (Lipinski definition) is 4. The molecule has 0 fully saturated rings. The molecular weight excluding hydrogens is 528 g/mol. The Labute approximate surface area is 253 Å². The van der Waals surface area contributed by atoms with Gasteiger partial charge in [0.15, 0.2) is 5.58 Å². The van der Waals surface area contributed by atoms with Crippen LogP contribution < -0.4 is 0 Å². The molecule has 0 radical (unpaired) electrons. The van der Waals surface area contributed by atoms with Gasteiger partial charge in [0.05, 0.1) is 11.3 Å². The third-order valence-electron chi connectivity index (χ3n) is 7.87. The second kappa shape index (κ2) is 11.4. The van der Waals surface area contributed by atoms with Crippen molar-refractivity contribution >= 4 is 23.0 Å². The molecule has 0 bridgehead atoms. The zero-order valence-electron chi connectivity index (χ0n) is 25.3. The first-order valence-electron chi connectivity index (χ1n) is 14.7. The number of phenols is 1. The highest BCUT2D eigenvalue weighted by molar-refractivity contribution is 5.94. The summed E-state index contributed by atoms with van der Waals surface area (Å²) in [6.45, 7) is 10.9. The van der Waals surface area contributed by atoms with E-state index in [1.165, 1.54) is 11.1 Å². The predicted octanol–water partition coefficient (Wildman–Crippen LogP) is 10.7. The molecule has 6 rings (SSSR count). The largest absolute Gasteiger partial charge is 0.507 e. The molecular formula is C39H36N2O2. The monoisotopic (exact) mass is 564 g/mol. The number of rotatable bonds is 6. The van der Waals surface area contributed by atoms with Crippen LogP contribution in [0.15, 0.2) is 119 Å². The zero-order chi connectivity index (χ0) is 30.1. The summed E-state index contributed by atoms with van der Waals surface area (Å²) < 4.78 is 6.31. The lowest BCUT2D eigenvalue weighted by Gasteiger charge is -2.19. The molecule has 1 aromatic heterocycles. The van der Waals surface area contributed by atoms with Gasteiger partial charge in [-0.05, 0) is 75.5 Å². The standard InChI is InChI=1S/C39H36N2O2/c1-25(2)26-16-18-27(19-17-26)28-10-8-11-29(22-28)32-13-9-15-36-37(32)41-38(43-36)33-12-6-7-14-34(33)40-24-30-23-31(39(3,4)5)20-21-35(30)42/h6-25,42H,1-5H3. The van der Waals surface area contributed by atoms with Gasteiger partial charge in [-0.2, -0.15) is 0 Å². The molecule has 0 aliphatic heterocycles. The molecule has 1 N–H and O–H groups in total. The van der Waals surface area contributed by atoms with Crippen molar-refractivity contribution in [3.05, 3.63) is 126 Å². The van der Waals surface area contributed by atoms with E-state index in [9.17, 15) is 5.11 Å². The van der Waals surface area contributed by atoms with E-state index in [4.69, 9.17) is 14.4 Å². The fourth-order valence-electron chi connectivity index (χ4n) is 5.25. The number of fused-ring (bicyclic) bond motifs is 1. The summed E-state index contributed by atoms with van der Waals surface area (Å²) in [7, 11) is 0. The molecule has 4 nitrogen and oxygen atoms in total. The van der Waals surface area contributed by atoms with Gasteiger partial charge < -0.3 is 9.52 Å². The first-order chi connectivity index (χ1) is 20.7. The number of nitrogens with zero attached hydrogens (tertiary/aromatic N) is 2. The third-order valence-corrected chi connectivity index (χ3v) is 7.87. The van der Waals surface area contributed by atoms with Crippen LogP contribution in [0.25, 0.3) is 44.8 Å². The second-order valence-corrected chi connectivity index (χ2v) is 12.3. The summed E-state index contributed by atoms with van der Waals surface area (Å²) in [5.41, 5.74) is 10.5. The van der Waals surface area contributed by atoms with Crippen LogP contribution in [-0.4, -0.2) is 16.3 Å². The Hall–Kier alpha value is -4.96. The number of aromatic nitrogens is 1. The van der Waals surface area contributed by atoms with Crippen LogP contribution >= 0.6 is 0 Å². The molecule has 4 heteroatoms. The molecule has 0 spiro atoms. The number of phenolic OH excluding ortho intramolecular Hbond substituents is 1. The number of oxazole rings is 1. The highest BCUT2D eigenvalue weighted by Gasteiger charge is 2.17. The number of aromatic hydroxyl groups is 1. The van der Waals surface area contributed by atoms with E-state index in [2.05, 4.69) is 89.2 Å². The molecule has 0 unspecified atom stereocenters. The Morgan fingerprint density at radius 1 is 0.744 bits per heavy atom. The normalized spacial score (nSPS) is 12.0. The zero-order valence-corrected chi connectivity index (χ0v) is 25.3. The maximum atomic E-state index is 10.5. The minimum absolute atomic E-state index is 0.0397. The van der Waals surface area contributed by atoms with Gasteiger partial charge in [0.2, 0.25) is 5.89 Å². The maximum Gasteiger partial charge on any atom is 0.229 e. The van der Waals surface area contributed by atoms with Crippen molar-refractivity contribution in [1.82, 2.24) is 4.98 Å². The summed E-state index contributed by atoms with van der Waals surface area (Å²) in [5, 5.41) is 10.5. The molecule has 43 heavy (non-hydrogen) atoms. The number of para-hydroxylation sites is 2. The average molecular weight is 565 g/mol. The van der Waals surface area contributed by atoms with Crippen molar-refractivity contribution in [3.8, 4) is 39.5 Å². The molecule has 1 heterocycles. The number of benzene rings is 5. The van der Waals surface area contributed by atoms with Crippen molar-refractivity contribution in [2.75, 3.05) is 0 Å². The Morgan fingerprint density at radius 2 is 1.47 bits per heavy atom. The van der Waals surface area contributed by atoms with Crippen LogP contribution in [0.4, 0.5) is 5.69 Å². The van der Waals surface area contributed by atoms with Crippen molar-refractivity contribution < 1.29 is 9.52 Å². The molecule has 0 aliphatic carbocycles. The quantitative estimate of drug-likeness (QED) is 0.205. The molecule has 0 saturated carbocycles. The van der Waals surface area contributed by atoms with Gasteiger partial charge in [-0.25, -0.2) is 4.98 Å². The molecule has 0 atom stereocenters. The van der Waals surface area contributed by atoms with Crippen LogP contribution in [0.2, 0.25) is 0 Å². The van der Waals surface area contributed by atoms with Crippen molar-refractivity contribution in [2.45, 2.75) is 46.0 Å². The van der Waals surface area contributed by atoms with E-state index < -0.39 is 0 Å². The van der Waals surface area contributed by atoms with Crippen LogP contribution in [0.1, 0.15) is 57.2 Å².